The topological polar surface area (TPSA) is 69.6 Å². The zero-order valence-electron chi connectivity index (χ0n) is 7.79. The van der Waals surface area contributed by atoms with Gasteiger partial charge in [0.2, 0.25) is 0 Å². The Morgan fingerprint density at radius 1 is 1.58 bits per heavy atom. The molecule has 0 saturated carbocycles. The molecule has 1 atom stereocenters. The second-order valence-electron chi connectivity index (χ2n) is 3.60. The van der Waals surface area contributed by atoms with Crippen molar-refractivity contribution < 1.29 is 15.0 Å². The Morgan fingerprint density at radius 3 is 2.42 bits per heavy atom. The number of rotatable bonds is 5. The van der Waals surface area contributed by atoms with Crippen molar-refractivity contribution in [3.8, 4) is 0 Å². The molecule has 0 aromatic heterocycles. The predicted octanol–water partition coefficient (Wildman–Crippen LogP) is 0.210. The summed E-state index contributed by atoms with van der Waals surface area (Å²) in [6, 6.07) is 0.255. The SMILES string of the molecule is CC(C)NCC(C)(O)CC(=O)O. The second kappa shape index (κ2) is 4.42. The summed E-state index contributed by atoms with van der Waals surface area (Å²) in [7, 11) is 0. The lowest BCUT2D eigenvalue weighted by Crippen LogP contribution is -2.42. The molecule has 0 radical (unpaired) electrons. The quantitative estimate of drug-likeness (QED) is 0.558. The van der Waals surface area contributed by atoms with Crippen molar-refractivity contribution in [1.82, 2.24) is 5.32 Å². The van der Waals surface area contributed by atoms with Crippen LogP contribution in [0.25, 0.3) is 0 Å². The summed E-state index contributed by atoms with van der Waals surface area (Å²) in [5, 5.41) is 20.9. The molecule has 0 bridgehead atoms. The van der Waals surface area contributed by atoms with Crippen LogP contribution >= 0.6 is 0 Å². The van der Waals surface area contributed by atoms with E-state index >= 15 is 0 Å². The Morgan fingerprint density at radius 2 is 2.08 bits per heavy atom. The normalized spacial score (nSPS) is 16.1. The molecule has 0 heterocycles. The first-order chi connectivity index (χ1) is 5.33. The van der Waals surface area contributed by atoms with Gasteiger partial charge in [-0.15, -0.1) is 0 Å². The van der Waals surface area contributed by atoms with Gasteiger partial charge in [-0.1, -0.05) is 13.8 Å². The molecule has 0 aromatic carbocycles. The van der Waals surface area contributed by atoms with Crippen LogP contribution in [-0.2, 0) is 4.79 Å². The lowest BCUT2D eigenvalue weighted by atomic mass is 10.0. The molecule has 0 amide bonds. The maximum Gasteiger partial charge on any atom is 0.306 e. The van der Waals surface area contributed by atoms with E-state index < -0.39 is 11.6 Å². The van der Waals surface area contributed by atoms with Gasteiger partial charge in [0.1, 0.15) is 0 Å². The van der Waals surface area contributed by atoms with E-state index in [1.165, 1.54) is 6.92 Å². The standard InChI is InChI=1S/C8H17NO3/c1-6(2)9-5-8(3,12)4-7(10)11/h6,9,12H,4-5H2,1-3H3,(H,10,11). The van der Waals surface area contributed by atoms with Gasteiger partial charge in [0, 0.05) is 12.6 Å². The Hall–Kier alpha value is -0.610. The van der Waals surface area contributed by atoms with E-state index in [1.54, 1.807) is 0 Å². The Balaban J connectivity index is 3.78. The molecule has 0 aliphatic rings. The van der Waals surface area contributed by atoms with Gasteiger partial charge in [0.15, 0.2) is 0 Å². The molecule has 4 nitrogen and oxygen atoms in total. The fraction of sp³-hybridized carbons (Fsp3) is 0.875. The largest absolute Gasteiger partial charge is 0.481 e. The van der Waals surface area contributed by atoms with Crippen molar-refractivity contribution in [3.05, 3.63) is 0 Å². The summed E-state index contributed by atoms with van der Waals surface area (Å²) < 4.78 is 0. The monoisotopic (exact) mass is 175 g/mol. The van der Waals surface area contributed by atoms with Crippen molar-refractivity contribution in [2.24, 2.45) is 0 Å². The molecule has 72 valence electrons. The Kier molecular flexibility index (Phi) is 4.20. The van der Waals surface area contributed by atoms with E-state index in [1.807, 2.05) is 13.8 Å². The van der Waals surface area contributed by atoms with Crippen LogP contribution in [-0.4, -0.2) is 34.4 Å². The molecule has 0 spiro atoms. The number of carboxylic acid groups (broad SMARTS) is 1. The first-order valence-electron chi connectivity index (χ1n) is 4.01. The molecule has 1 unspecified atom stereocenters. The maximum absolute atomic E-state index is 10.3. The first kappa shape index (κ1) is 11.4. The molecular weight excluding hydrogens is 158 g/mol. The van der Waals surface area contributed by atoms with Crippen LogP contribution in [0, 0.1) is 0 Å². The van der Waals surface area contributed by atoms with Gasteiger partial charge in [-0.25, -0.2) is 0 Å². The molecule has 0 aliphatic heterocycles. The zero-order valence-corrected chi connectivity index (χ0v) is 7.79. The summed E-state index contributed by atoms with van der Waals surface area (Å²) in [4.78, 5) is 10.3. The average Bonchev–Trinajstić information content (AvgIpc) is 1.81. The van der Waals surface area contributed by atoms with Gasteiger partial charge >= 0.3 is 5.97 Å². The number of hydrogen-bond donors (Lipinski definition) is 3. The van der Waals surface area contributed by atoms with E-state index in [-0.39, 0.29) is 12.5 Å². The Bertz CT molecular complexity index is 154. The summed E-state index contributed by atoms with van der Waals surface area (Å²) in [6.45, 7) is 5.70. The highest BCUT2D eigenvalue weighted by atomic mass is 16.4. The number of aliphatic hydroxyl groups is 1. The number of aliphatic carboxylic acids is 1. The van der Waals surface area contributed by atoms with Crippen molar-refractivity contribution in [2.75, 3.05) is 6.54 Å². The van der Waals surface area contributed by atoms with Gasteiger partial charge < -0.3 is 15.5 Å². The lowest BCUT2D eigenvalue weighted by molar-refractivity contribution is -0.141. The van der Waals surface area contributed by atoms with Crippen molar-refractivity contribution in [3.63, 3.8) is 0 Å². The van der Waals surface area contributed by atoms with Crippen LogP contribution in [0.4, 0.5) is 0 Å². The van der Waals surface area contributed by atoms with E-state index in [2.05, 4.69) is 5.32 Å². The van der Waals surface area contributed by atoms with Gasteiger partial charge in [-0.05, 0) is 6.92 Å². The van der Waals surface area contributed by atoms with E-state index in [0.29, 0.717) is 6.54 Å². The van der Waals surface area contributed by atoms with Gasteiger partial charge in [-0.3, -0.25) is 4.79 Å². The highest BCUT2D eigenvalue weighted by Crippen LogP contribution is 2.07. The average molecular weight is 175 g/mol. The Labute approximate surface area is 72.6 Å². The van der Waals surface area contributed by atoms with Gasteiger partial charge in [0.05, 0.1) is 12.0 Å². The molecule has 12 heavy (non-hydrogen) atoms. The highest BCUT2D eigenvalue weighted by molar-refractivity contribution is 5.68. The molecular formula is C8H17NO3. The van der Waals surface area contributed by atoms with Crippen LogP contribution < -0.4 is 5.32 Å². The smallest absolute Gasteiger partial charge is 0.306 e. The van der Waals surface area contributed by atoms with Crippen molar-refractivity contribution in [1.29, 1.82) is 0 Å². The second-order valence-corrected chi connectivity index (χ2v) is 3.60. The predicted molar refractivity (Wildman–Crippen MR) is 46.0 cm³/mol. The van der Waals surface area contributed by atoms with Crippen molar-refractivity contribution in [2.45, 2.75) is 38.8 Å². The molecule has 0 fully saturated rings. The number of carbonyl (C=O) groups is 1. The van der Waals surface area contributed by atoms with Crippen LogP contribution in [0.1, 0.15) is 27.2 Å². The number of nitrogens with one attached hydrogen (secondary N) is 1. The third-order valence-electron chi connectivity index (χ3n) is 1.42. The van der Waals surface area contributed by atoms with E-state index in [9.17, 15) is 9.90 Å². The van der Waals surface area contributed by atoms with Gasteiger partial charge in [-0.2, -0.15) is 0 Å². The van der Waals surface area contributed by atoms with Crippen LogP contribution in [0.2, 0.25) is 0 Å². The minimum absolute atomic E-state index is 0.229. The zero-order chi connectivity index (χ0) is 9.78. The molecule has 0 saturated heterocycles. The fourth-order valence-corrected chi connectivity index (χ4v) is 0.812. The number of carboxylic acids is 1. The van der Waals surface area contributed by atoms with Crippen LogP contribution in [0.3, 0.4) is 0 Å². The lowest BCUT2D eigenvalue weighted by Gasteiger charge is -2.22. The molecule has 0 rings (SSSR count). The summed E-state index contributed by atoms with van der Waals surface area (Å²) in [5.74, 6) is -0.981. The van der Waals surface area contributed by atoms with Crippen LogP contribution in [0.5, 0.6) is 0 Å². The summed E-state index contributed by atoms with van der Waals surface area (Å²) >= 11 is 0. The van der Waals surface area contributed by atoms with Gasteiger partial charge in [0.25, 0.3) is 0 Å². The molecule has 3 N–H and O–H groups in total. The fourth-order valence-electron chi connectivity index (χ4n) is 0.812. The first-order valence-corrected chi connectivity index (χ1v) is 4.01. The highest BCUT2D eigenvalue weighted by Gasteiger charge is 2.23. The minimum atomic E-state index is -1.16. The molecule has 4 heteroatoms. The van der Waals surface area contributed by atoms with Crippen molar-refractivity contribution >= 4 is 5.97 Å². The molecule has 0 aliphatic carbocycles. The summed E-state index contributed by atoms with van der Waals surface area (Å²) in [6.07, 6.45) is -0.229. The third kappa shape index (κ3) is 6.12. The minimum Gasteiger partial charge on any atom is -0.481 e. The van der Waals surface area contributed by atoms with Crippen LogP contribution in [0.15, 0.2) is 0 Å². The van der Waals surface area contributed by atoms with E-state index in [4.69, 9.17) is 5.11 Å². The number of hydrogen-bond acceptors (Lipinski definition) is 3. The maximum atomic E-state index is 10.3. The molecule has 0 aromatic rings. The summed E-state index contributed by atoms with van der Waals surface area (Å²) in [5.41, 5.74) is -1.16. The third-order valence-corrected chi connectivity index (χ3v) is 1.42. The van der Waals surface area contributed by atoms with E-state index in [0.717, 1.165) is 0 Å².